The molecule has 1 fully saturated rings. The maximum atomic E-state index is 12.8. The Morgan fingerprint density at radius 3 is 2.17 bits per heavy atom. The van der Waals surface area contributed by atoms with Gasteiger partial charge in [-0.25, -0.2) is 0 Å². The van der Waals surface area contributed by atoms with Crippen LogP contribution in [0.4, 0.5) is 5.69 Å². The van der Waals surface area contributed by atoms with Crippen LogP contribution in [0.5, 0.6) is 0 Å². The minimum atomic E-state index is -0.168. The highest BCUT2D eigenvalue weighted by Crippen LogP contribution is 2.15. The maximum Gasteiger partial charge on any atom is 0.255 e. The number of hydrogen-bond acceptors (Lipinski definition) is 4. The average molecular weight is 400 g/mol. The standard InChI is InChI=1S/C24H24N4O2/c29-23(19-6-2-1-3-7-19)26-21-11-9-20(10-12-21)24(30)28-16-14-27(15-17-28)18-22-8-4-5-13-25-22/h1-13H,14-18H2,(H,26,29). The Hall–Kier alpha value is -3.51. The Bertz CT molecular complexity index is 983. The zero-order chi connectivity index (χ0) is 20.8. The molecule has 2 heterocycles. The molecule has 4 rings (SSSR count). The number of rotatable bonds is 5. The van der Waals surface area contributed by atoms with E-state index in [4.69, 9.17) is 0 Å². The molecule has 6 heteroatoms. The molecule has 2 aromatic carbocycles. The quantitative estimate of drug-likeness (QED) is 0.714. The maximum absolute atomic E-state index is 12.8. The predicted molar refractivity (Wildman–Crippen MR) is 116 cm³/mol. The fourth-order valence-corrected chi connectivity index (χ4v) is 3.50. The van der Waals surface area contributed by atoms with Gasteiger partial charge in [0, 0.05) is 55.7 Å². The Kier molecular flexibility index (Phi) is 6.15. The van der Waals surface area contributed by atoms with Crippen molar-refractivity contribution in [2.75, 3.05) is 31.5 Å². The van der Waals surface area contributed by atoms with E-state index in [0.29, 0.717) is 29.9 Å². The van der Waals surface area contributed by atoms with Gasteiger partial charge in [-0.05, 0) is 48.5 Å². The number of nitrogens with one attached hydrogen (secondary N) is 1. The topological polar surface area (TPSA) is 65.5 Å². The first kappa shape index (κ1) is 19.8. The fraction of sp³-hybridized carbons (Fsp3) is 0.208. The Labute approximate surface area is 176 Å². The third kappa shape index (κ3) is 4.90. The van der Waals surface area contributed by atoms with Crippen LogP contribution in [0.1, 0.15) is 26.4 Å². The number of piperazine rings is 1. The van der Waals surface area contributed by atoms with Gasteiger partial charge in [-0.15, -0.1) is 0 Å². The van der Waals surface area contributed by atoms with Crippen LogP contribution in [-0.4, -0.2) is 52.8 Å². The first-order chi connectivity index (χ1) is 14.7. The molecule has 1 saturated heterocycles. The first-order valence-corrected chi connectivity index (χ1v) is 10.1. The molecule has 0 bridgehead atoms. The SMILES string of the molecule is O=C(Nc1ccc(C(=O)N2CCN(Cc3ccccn3)CC2)cc1)c1ccccc1. The summed E-state index contributed by atoms with van der Waals surface area (Å²) in [7, 11) is 0. The molecule has 0 aliphatic carbocycles. The number of carbonyl (C=O) groups is 2. The van der Waals surface area contributed by atoms with Crippen molar-refractivity contribution in [1.82, 2.24) is 14.8 Å². The molecule has 30 heavy (non-hydrogen) atoms. The summed E-state index contributed by atoms with van der Waals surface area (Å²) < 4.78 is 0. The van der Waals surface area contributed by atoms with Crippen LogP contribution in [-0.2, 0) is 6.54 Å². The van der Waals surface area contributed by atoms with Crippen LogP contribution >= 0.6 is 0 Å². The van der Waals surface area contributed by atoms with Crippen LogP contribution < -0.4 is 5.32 Å². The summed E-state index contributed by atoms with van der Waals surface area (Å²) in [4.78, 5) is 33.6. The first-order valence-electron chi connectivity index (χ1n) is 10.1. The highest BCUT2D eigenvalue weighted by molar-refractivity contribution is 6.04. The molecule has 1 N–H and O–H groups in total. The number of carbonyl (C=O) groups excluding carboxylic acids is 2. The van der Waals surface area contributed by atoms with Crippen molar-refractivity contribution in [2.24, 2.45) is 0 Å². The van der Waals surface area contributed by atoms with Crippen molar-refractivity contribution in [3.05, 3.63) is 95.8 Å². The highest BCUT2D eigenvalue weighted by atomic mass is 16.2. The molecule has 0 radical (unpaired) electrons. The van der Waals surface area contributed by atoms with E-state index in [1.807, 2.05) is 41.3 Å². The molecular formula is C24H24N4O2. The van der Waals surface area contributed by atoms with Gasteiger partial charge in [0.15, 0.2) is 0 Å². The van der Waals surface area contributed by atoms with Crippen LogP contribution in [0.25, 0.3) is 0 Å². The lowest BCUT2D eigenvalue weighted by molar-refractivity contribution is 0.0627. The zero-order valence-electron chi connectivity index (χ0n) is 16.7. The van der Waals surface area contributed by atoms with Gasteiger partial charge >= 0.3 is 0 Å². The molecule has 152 valence electrons. The van der Waals surface area contributed by atoms with E-state index >= 15 is 0 Å². The number of anilines is 1. The van der Waals surface area contributed by atoms with Crippen molar-refractivity contribution in [1.29, 1.82) is 0 Å². The third-order valence-electron chi connectivity index (χ3n) is 5.20. The fourth-order valence-electron chi connectivity index (χ4n) is 3.50. The Morgan fingerprint density at radius 1 is 0.800 bits per heavy atom. The van der Waals surface area contributed by atoms with E-state index in [1.165, 1.54) is 0 Å². The lowest BCUT2D eigenvalue weighted by Crippen LogP contribution is -2.48. The Morgan fingerprint density at radius 2 is 1.50 bits per heavy atom. The molecule has 0 saturated carbocycles. The largest absolute Gasteiger partial charge is 0.336 e. The summed E-state index contributed by atoms with van der Waals surface area (Å²) in [5.74, 6) is -0.146. The summed E-state index contributed by atoms with van der Waals surface area (Å²) in [5.41, 5.74) is 2.94. The second-order valence-corrected chi connectivity index (χ2v) is 7.29. The number of benzene rings is 2. The molecule has 1 aliphatic rings. The van der Waals surface area contributed by atoms with Gasteiger partial charge in [0.25, 0.3) is 11.8 Å². The van der Waals surface area contributed by atoms with Crippen LogP contribution in [0.15, 0.2) is 79.0 Å². The van der Waals surface area contributed by atoms with E-state index < -0.39 is 0 Å². The monoisotopic (exact) mass is 400 g/mol. The molecule has 1 aliphatic heterocycles. The minimum absolute atomic E-state index is 0.0217. The zero-order valence-corrected chi connectivity index (χ0v) is 16.7. The van der Waals surface area contributed by atoms with Crippen molar-refractivity contribution < 1.29 is 9.59 Å². The summed E-state index contributed by atoms with van der Waals surface area (Å²) in [6, 6.07) is 22.1. The van der Waals surface area contributed by atoms with Crippen LogP contribution in [0, 0.1) is 0 Å². The van der Waals surface area contributed by atoms with Crippen molar-refractivity contribution >= 4 is 17.5 Å². The molecule has 0 unspecified atom stereocenters. The number of amides is 2. The van der Waals surface area contributed by atoms with Gasteiger partial charge < -0.3 is 10.2 Å². The van der Waals surface area contributed by atoms with E-state index in [9.17, 15) is 9.59 Å². The third-order valence-corrected chi connectivity index (χ3v) is 5.20. The number of hydrogen-bond donors (Lipinski definition) is 1. The molecular weight excluding hydrogens is 376 g/mol. The molecule has 0 spiro atoms. The van der Waals surface area contributed by atoms with Crippen LogP contribution in [0.2, 0.25) is 0 Å². The van der Waals surface area contributed by atoms with Crippen molar-refractivity contribution in [3.8, 4) is 0 Å². The van der Waals surface area contributed by atoms with Crippen LogP contribution in [0.3, 0.4) is 0 Å². The van der Waals surface area contributed by atoms with Gasteiger partial charge in [-0.3, -0.25) is 19.5 Å². The summed E-state index contributed by atoms with van der Waals surface area (Å²) >= 11 is 0. The molecule has 1 aromatic heterocycles. The van der Waals surface area contributed by atoms with Gasteiger partial charge in [-0.1, -0.05) is 24.3 Å². The van der Waals surface area contributed by atoms with Gasteiger partial charge in [0.05, 0.1) is 5.69 Å². The minimum Gasteiger partial charge on any atom is -0.336 e. The normalized spacial score (nSPS) is 14.3. The Balaban J connectivity index is 1.30. The van der Waals surface area contributed by atoms with Crippen molar-refractivity contribution in [3.63, 3.8) is 0 Å². The number of nitrogens with zero attached hydrogens (tertiary/aromatic N) is 3. The second kappa shape index (κ2) is 9.33. The number of aromatic nitrogens is 1. The smallest absolute Gasteiger partial charge is 0.255 e. The summed E-state index contributed by atoms with van der Waals surface area (Å²) in [6.07, 6.45) is 1.81. The van der Waals surface area contributed by atoms with E-state index in [0.717, 1.165) is 25.3 Å². The molecule has 2 amide bonds. The highest BCUT2D eigenvalue weighted by Gasteiger charge is 2.22. The van der Waals surface area contributed by atoms with Crippen molar-refractivity contribution in [2.45, 2.75) is 6.54 Å². The molecule has 3 aromatic rings. The molecule has 6 nitrogen and oxygen atoms in total. The molecule has 0 atom stereocenters. The lowest BCUT2D eigenvalue weighted by Gasteiger charge is -2.34. The summed E-state index contributed by atoms with van der Waals surface area (Å²) in [6.45, 7) is 3.84. The van der Waals surface area contributed by atoms with Gasteiger partial charge in [-0.2, -0.15) is 0 Å². The van der Waals surface area contributed by atoms with Gasteiger partial charge in [0.2, 0.25) is 0 Å². The summed E-state index contributed by atoms with van der Waals surface area (Å²) in [5, 5.41) is 2.86. The predicted octanol–water partition coefficient (Wildman–Crippen LogP) is 3.29. The van der Waals surface area contributed by atoms with E-state index in [1.54, 1.807) is 42.6 Å². The van der Waals surface area contributed by atoms with E-state index in [-0.39, 0.29) is 11.8 Å². The lowest BCUT2D eigenvalue weighted by atomic mass is 10.1. The van der Waals surface area contributed by atoms with Gasteiger partial charge in [0.1, 0.15) is 0 Å². The average Bonchev–Trinajstić information content (AvgIpc) is 2.81. The number of pyridine rings is 1. The van der Waals surface area contributed by atoms with E-state index in [2.05, 4.69) is 15.2 Å². The second-order valence-electron chi connectivity index (χ2n) is 7.29.